The second-order valence-corrected chi connectivity index (χ2v) is 10.9. The molecule has 1 aromatic rings. The largest absolute Gasteiger partial charge is 0.490 e. The highest BCUT2D eigenvalue weighted by Crippen LogP contribution is 2.38. The van der Waals surface area contributed by atoms with E-state index >= 15 is 0 Å². The Morgan fingerprint density at radius 2 is 1.87 bits per heavy atom. The van der Waals surface area contributed by atoms with E-state index in [0.717, 1.165) is 25.8 Å². The first-order chi connectivity index (χ1) is 18.1. The lowest BCUT2D eigenvalue weighted by atomic mass is 10.1. The molecule has 12 nitrogen and oxygen atoms in total. The standard InChI is InChI=1S/C21H36N4O6S.C2HF3O2/c1-15-19(32(28,29)22-11-13-24(3)12-6-14-30-4)10-9-18(20(15)25(26)27)23-16(2)21(31-5)17-7-8-17;3-2(4,5)1(6)7/h9-10,16-17,21-23H,6-8,11-14H2,1-5H3;(H,6,7). The van der Waals surface area contributed by atoms with Crippen molar-refractivity contribution in [2.45, 2.75) is 56.3 Å². The molecule has 0 amide bonds. The van der Waals surface area contributed by atoms with Gasteiger partial charge in [-0.15, -0.1) is 0 Å². The average Bonchev–Trinajstić information content (AvgIpc) is 3.64. The van der Waals surface area contributed by atoms with Crippen LogP contribution in [-0.4, -0.2) is 95.1 Å². The lowest BCUT2D eigenvalue weighted by molar-refractivity contribution is -0.384. The SMILES string of the molecule is COCCCN(C)CCNS(=O)(=O)c1ccc(NC(C)C(OC)C2CC2)c([N+](=O)[O-])c1C.O=C(O)C(F)(F)F. The molecule has 16 heteroatoms. The van der Waals surface area contributed by atoms with Crippen molar-refractivity contribution in [3.05, 3.63) is 27.8 Å². The number of rotatable bonds is 15. The minimum atomic E-state index is -5.08. The highest BCUT2D eigenvalue weighted by Gasteiger charge is 2.38. The van der Waals surface area contributed by atoms with Gasteiger partial charge in [-0.1, -0.05) is 0 Å². The van der Waals surface area contributed by atoms with Crippen molar-refractivity contribution in [3.8, 4) is 0 Å². The van der Waals surface area contributed by atoms with Crippen LogP contribution in [0.3, 0.4) is 0 Å². The molecule has 0 radical (unpaired) electrons. The zero-order valence-electron chi connectivity index (χ0n) is 22.6. The Balaban J connectivity index is 0.000000956. The van der Waals surface area contributed by atoms with E-state index in [1.54, 1.807) is 14.2 Å². The summed E-state index contributed by atoms with van der Waals surface area (Å²) in [6, 6.07) is 2.73. The summed E-state index contributed by atoms with van der Waals surface area (Å²) < 4.78 is 70.5. The predicted molar refractivity (Wildman–Crippen MR) is 137 cm³/mol. The zero-order valence-corrected chi connectivity index (χ0v) is 23.4. The number of nitrogens with one attached hydrogen (secondary N) is 2. The van der Waals surface area contributed by atoms with Gasteiger partial charge in [0.1, 0.15) is 5.69 Å². The third-order valence-corrected chi connectivity index (χ3v) is 7.61. The van der Waals surface area contributed by atoms with E-state index in [1.165, 1.54) is 19.1 Å². The molecule has 39 heavy (non-hydrogen) atoms. The molecule has 224 valence electrons. The molecule has 0 bridgehead atoms. The smallest absolute Gasteiger partial charge is 0.475 e. The molecule has 0 heterocycles. The maximum atomic E-state index is 12.8. The van der Waals surface area contributed by atoms with Crippen molar-refractivity contribution < 1.29 is 45.9 Å². The van der Waals surface area contributed by atoms with E-state index in [-0.39, 0.29) is 34.8 Å². The molecule has 2 unspecified atom stereocenters. The van der Waals surface area contributed by atoms with Gasteiger partial charge in [0.05, 0.1) is 15.9 Å². The molecule has 1 fully saturated rings. The average molecular weight is 587 g/mol. The summed E-state index contributed by atoms with van der Waals surface area (Å²) in [7, 11) is 1.28. The van der Waals surface area contributed by atoms with Crippen LogP contribution in [0.15, 0.2) is 17.0 Å². The Hall–Kier alpha value is -2.53. The zero-order chi connectivity index (χ0) is 30.0. The third kappa shape index (κ3) is 11.2. The number of nitro groups is 1. The van der Waals surface area contributed by atoms with Crippen LogP contribution in [0.1, 0.15) is 31.7 Å². The normalized spacial score (nSPS) is 15.3. The van der Waals surface area contributed by atoms with Crippen molar-refractivity contribution in [3.63, 3.8) is 0 Å². The number of nitrogens with zero attached hydrogens (tertiary/aromatic N) is 2. The lowest BCUT2D eigenvalue weighted by Gasteiger charge is -2.25. The van der Waals surface area contributed by atoms with Crippen LogP contribution in [0, 0.1) is 23.0 Å². The Kier molecular flexibility index (Phi) is 13.5. The summed E-state index contributed by atoms with van der Waals surface area (Å²) in [6.07, 6.45) is -2.13. The Morgan fingerprint density at radius 3 is 2.33 bits per heavy atom. The van der Waals surface area contributed by atoms with Crippen LogP contribution in [0.4, 0.5) is 24.5 Å². The van der Waals surface area contributed by atoms with Gasteiger partial charge in [0.15, 0.2) is 0 Å². The first kappa shape index (κ1) is 34.5. The second kappa shape index (κ2) is 15.3. The van der Waals surface area contributed by atoms with Crippen LogP contribution >= 0.6 is 0 Å². The number of anilines is 1. The first-order valence-electron chi connectivity index (χ1n) is 12.1. The lowest BCUT2D eigenvalue weighted by Crippen LogP contribution is -2.35. The molecule has 0 saturated heterocycles. The fourth-order valence-corrected chi connectivity index (χ4v) is 5.18. The van der Waals surface area contributed by atoms with Crippen molar-refractivity contribution in [1.29, 1.82) is 0 Å². The number of nitro benzene ring substituents is 1. The molecule has 0 spiro atoms. The van der Waals surface area contributed by atoms with Crippen LogP contribution in [0.5, 0.6) is 0 Å². The number of carbonyl (C=O) groups is 1. The number of hydrogen-bond acceptors (Lipinski definition) is 9. The highest BCUT2D eigenvalue weighted by molar-refractivity contribution is 7.89. The van der Waals surface area contributed by atoms with Crippen LogP contribution in [0.2, 0.25) is 0 Å². The number of carboxylic acids is 1. The molecule has 1 aliphatic rings. The molecule has 0 aromatic heterocycles. The molecular formula is C23H37F3N4O8S. The van der Waals surface area contributed by atoms with E-state index in [4.69, 9.17) is 19.4 Å². The first-order valence-corrected chi connectivity index (χ1v) is 13.6. The van der Waals surface area contributed by atoms with Crippen LogP contribution < -0.4 is 10.0 Å². The number of aliphatic carboxylic acids is 1. The van der Waals surface area contributed by atoms with E-state index in [0.29, 0.717) is 24.8 Å². The van der Waals surface area contributed by atoms with Crippen molar-refractivity contribution in [2.75, 3.05) is 52.8 Å². The van der Waals surface area contributed by atoms with Gasteiger partial charge >= 0.3 is 12.1 Å². The van der Waals surface area contributed by atoms with Crippen molar-refractivity contribution in [1.82, 2.24) is 9.62 Å². The molecule has 1 saturated carbocycles. The van der Waals surface area contributed by atoms with E-state index in [9.17, 15) is 31.7 Å². The number of sulfonamides is 1. The van der Waals surface area contributed by atoms with E-state index in [2.05, 4.69) is 10.0 Å². The van der Waals surface area contributed by atoms with Gasteiger partial charge in [-0.2, -0.15) is 13.2 Å². The van der Waals surface area contributed by atoms with Gasteiger partial charge in [-0.05, 0) is 58.2 Å². The van der Waals surface area contributed by atoms with Gasteiger partial charge < -0.3 is 24.8 Å². The molecule has 2 atom stereocenters. The fourth-order valence-electron chi connectivity index (χ4n) is 3.92. The minimum absolute atomic E-state index is 0.0548. The fraction of sp³-hybridized carbons (Fsp3) is 0.696. The Labute approximate surface area is 226 Å². The number of alkyl halides is 3. The predicted octanol–water partition coefficient (Wildman–Crippen LogP) is 3.01. The summed E-state index contributed by atoms with van der Waals surface area (Å²) in [5, 5.41) is 22.1. The number of halogens is 3. The number of ether oxygens (including phenoxy) is 2. The number of methoxy groups -OCH3 is 2. The maximum Gasteiger partial charge on any atom is 0.490 e. The Bertz CT molecular complexity index is 1070. The molecule has 1 aliphatic carbocycles. The summed E-state index contributed by atoms with van der Waals surface area (Å²) in [4.78, 5) is 22.1. The summed E-state index contributed by atoms with van der Waals surface area (Å²) in [5.41, 5.74) is 0.162. The molecular weight excluding hydrogens is 549 g/mol. The van der Waals surface area contributed by atoms with Crippen molar-refractivity contribution in [2.24, 2.45) is 5.92 Å². The maximum absolute atomic E-state index is 12.8. The summed E-state index contributed by atoms with van der Waals surface area (Å²) >= 11 is 0. The van der Waals surface area contributed by atoms with Crippen molar-refractivity contribution >= 4 is 27.4 Å². The number of benzene rings is 1. The monoisotopic (exact) mass is 586 g/mol. The summed E-state index contributed by atoms with van der Waals surface area (Å²) in [5.74, 6) is -2.31. The number of hydrogen-bond donors (Lipinski definition) is 3. The third-order valence-electron chi connectivity index (χ3n) is 6.00. The summed E-state index contributed by atoms with van der Waals surface area (Å²) in [6.45, 7) is 5.52. The second-order valence-electron chi connectivity index (χ2n) is 9.16. The van der Waals surface area contributed by atoms with Gasteiger partial charge in [-0.3, -0.25) is 10.1 Å². The van der Waals surface area contributed by atoms with E-state index < -0.39 is 27.1 Å². The number of carboxylic acid groups (broad SMARTS) is 1. The quantitative estimate of drug-likeness (QED) is 0.158. The van der Waals surface area contributed by atoms with Gasteiger partial charge in [0.2, 0.25) is 10.0 Å². The van der Waals surface area contributed by atoms with Gasteiger partial charge in [0, 0.05) is 52.1 Å². The molecule has 1 aromatic carbocycles. The Morgan fingerprint density at radius 1 is 1.28 bits per heavy atom. The van der Waals surface area contributed by atoms with Gasteiger partial charge in [0.25, 0.3) is 5.69 Å². The number of likely N-dealkylation sites (N-methyl/N-ethyl adjacent to an activating group) is 1. The van der Waals surface area contributed by atoms with Crippen LogP contribution in [-0.2, 0) is 24.3 Å². The molecule has 0 aliphatic heterocycles. The molecule has 2 rings (SSSR count). The minimum Gasteiger partial charge on any atom is -0.475 e. The van der Waals surface area contributed by atoms with E-state index in [1.807, 2.05) is 18.9 Å². The molecule has 3 N–H and O–H groups in total. The van der Waals surface area contributed by atoms with Crippen LogP contribution in [0.25, 0.3) is 0 Å². The topological polar surface area (TPSA) is 160 Å². The highest BCUT2D eigenvalue weighted by atomic mass is 32.2. The van der Waals surface area contributed by atoms with Gasteiger partial charge in [-0.25, -0.2) is 17.9 Å².